The summed E-state index contributed by atoms with van der Waals surface area (Å²) in [4.78, 5) is 11.9. The third kappa shape index (κ3) is 6.24. The molecule has 0 aromatic carbocycles. The van der Waals surface area contributed by atoms with E-state index in [9.17, 15) is 9.00 Å². The molecule has 0 heterocycles. The Labute approximate surface area is 137 Å². The first kappa shape index (κ1) is 19.4. The molecule has 0 bridgehead atoms. The number of rotatable bonds is 5. The lowest BCUT2D eigenvalue weighted by molar-refractivity contribution is 0.0485. The van der Waals surface area contributed by atoms with Crippen molar-refractivity contribution in [2.45, 2.75) is 90.2 Å². The van der Waals surface area contributed by atoms with Gasteiger partial charge in [0, 0.05) is 12.1 Å². The van der Waals surface area contributed by atoms with Crippen molar-refractivity contribution in [2.75, 3.05) is 0 Å². The highest BCUT2D eigenvalue weighted by atomic mass is 32.2. The zero-order chi connectivity index (χ0) is 17.1. The highest BCUT2D eigenvalue weighted by Gasteiger charge is 2.35. The van der Waals surface area contributed by atoms with Crippen molar-refractivity contribution in [2.24, 2.45) is 5.92 Å². The summed E-state index contributed by atoms with van der Waals surface area (Å²) < 4.78 is 20.6. The number of nitrogens with one attached hydrogen (secondary N) is 2. The fraction of sp³-hybridized carbons (Fsp3) is 0.938. The number of alkyl carbamates (subject to hydrolysis) is 1. The lowest BCUT2D eigenvalue weighted by atomic mass is 9.78. The largest absolute Gasteiger partial charge is 0.444 e. The maximum Gasteiger partial charge on any atom is 0.407 e. The van der Waals surface area contributed by atoms with Crippen molar-refractivity contribution in [3.8, 4) is 0 Å². The summed E-state index contributed by atoms with van der Waals surface area (Å²) in [6.45, 7) is 13.3. The molecule has 2 unspecified atom stereocenters. The first-order valence-electron chi connectivity index (χ1n) is 8.08. The average Bonchev–Trinajstić information content (AvgIpc) is 2.20. The molecule has 3 atom stereocenters. The Kier molecular flexibility index (Phi) is 6.45. The highest BCUT2D eigenvalue weighted by molar-refractivity contribution is 7.84. The van der Waals surface area contributed by atoms with E-state index >= 15 is 0 Å². The highest BCUT2D eigenvalue weighted by Crippen LogP contribution is 2.31. The van der Waals surface area contributed by atoms with Crippen LogP contribution in [0.2, 0.25) is 0 Å². The van der Waals surface area contributed by atoms with Crippen molar-refractivity contribution in [1.29, 1.82) is 0 Å². The summed E-state index contributed by atoms with van der Waals surface area (Å²) in [6.07, 6.45) is 3.00. The van der Waals surface area contributed by atoms with E-state index in [1.807, 2.05) is 48.5 Å². The van der Waals surface area contributed by atoms with Crippen LogP contribution >= 0.6 is 0 Å². The second kappa shape index (κ2) is 7.30. The third-order valence-corrected chi connectivity index (χ3v) is 5.34. The zero-order valence-corrected chi connectivity index (χ0v) is 15.8. The summed E-state index contributed by atoms with van der Waals surface area (Å²) in [5.74, 6) is 0.455. The minimum absolute atomic E-state index is 0.00123. The molecule has 2 N–H and O–H groups in total. The van der Waals surface area contributed by atoms with E-state index in [2.05, 4.69) is 10.0 Å². The van der Waals surface area contributed by atoms with Crippen molar-refractivity contribution < 1.29 is 13.7 Å². The SMILES string of the molecule is C[C@H](NC(=O)OC(C)(C)C)C(NS(=O)C(C)(C)C)C1CCC1. The Balaban J connectivity index is 2.67. The topological polar surface area (TPSA) is 67.4 Å². The summed E-state index contributed by atoms with van der Waals surface area (Å²) >= 11 is 0. The monoisotopic (exact) mass is 332 g/mol. The van der Waals surface area contributed by atoms with E-state index in [-0.39, 0.29) is 16.8 Å². The van der Waals surface area contributed by atoms with Crippen LogP contribution in [0, 0.1) is 5.92 Å². The smallest absolute Gasteiger partial charge is 0.407 e. The van der Waals surface area contributed by atoms with Gasteiger partial charge in [0.1, 0.15) is 5.60 Å². The molecule has 5 nitrogen and oxygen atoms in total. The number of hydrogen-bond acceptors (Lipinski definition) is 3. The van der Waals surface area contributed by atoms with Crippen molar-refractivity contribution >= 4 is 17.1 Å². The quantitative estimate of drug-likeness (QED) is 0.813. The van der Waals surface area contributed by atoms with E-state index in [1.165, 1.54) is 6.42 Å². The maximum atomic E-state index is 12.4. The predicted octanol–water partition coefficient (Wildman–Crippen LogP) is 3.12. The Morgan fingerprint density at radius 3 is 2.09 bits per heavy atom. The Hall–Kier alpha value is -0.620. The van der Waals surface area contributed by atoms with Crippen LogP contribution < -0.4 is 10.0 Å². The molecule has 130 valence electrons. The molecular formula is C16H32N2O3S. The van der Waals surface area contributed by atoms with Gasteiger partial charge in [0.2, 0.25) is 0 Å². The van der Waals surface area contributed by atoms with Crippen LogP contribution in [0.5, 0.6) is 0 Å². The molecule has 1 saturated carbocycles. The summed E-state index contributed by atoms with van der Waals surface area (Å²) in [5, 5.41) is 2.88. The van der Waals surface area contributed by atoms with Gasteiger partial charge in [-0.15, -0.1) is 0 Å². The standard InChI is InChI=1S/C16H32N2O3S/c1-11(17-14(19)21-15(2,3)4)13(12-9-8-10-12)18-22(20)16(5,6)7/h11-13,18H,8-10H2,1-7H3,(H,17,19)/t11-,13?,22?/m0/s1. The van der Waals surface area contributed by atoms with Crippen LogP contribution in [0.3, 0.4) is 0 Å². The van der Waals surface area contributed by atoms with Crippen LogP contribution in [0.15, 0.2) is 0 Å². The van der Waals surface area contributed by atoms with Gasteiger partial charge in [-0.25, -0.2) is 13.7 Å². The van der Waals surface area contributed by atoms with Gasteiger partial charge in [-0.2, -0.15) is 0 Å². The fourth-order valence-electron chi connectivity index (χ4n) is 2.29. The van der Waals surface area contributed by atoms with Gasteiger partial charge in [-0.05, 0) is 67.2 Å². The molecule has 1 amide bonds. The van der Waals surface area contributed by atoms with E-state index in [4.69, 9.17) is 4.74 Å². The van der Waals surface area contributed by atoms with E-state index < -0.39 is 22.7 Å². The molecule has 0 aromatic heterocycles. The van der Waals surface area contributed by atoms with Gasteiger partial charge in [-0.3, -0.25) is 0 Å². The summed E-state index contributed by atoms with van der Waals surface area (Å²) in [5.41, 5.74) is -0.516. The number of ether oxygens (including phenoxy) is 1. The second-order valence-corrected chi connectivity index (χ2v) is 10.1. The van der Waals surface area contributed by atoms with Gasteiger partial charge in [0.15, 0.2) is 0 Å². The van der Waals surface area contributed by atoms with Crippen LogP contribution in [0.25, 0.3) is 0 Å². The maximum absolute atomic E-state index is 12.4. The number of hydrogen-bond donors (Lipinski definition) is 2. The summed E-state index contributed by atoms with van der Waals surface area (Å²) in [6, 6.07) is -0.132. The Morgan fingerprint density at radius 1 is 1.18 bits per heavy atom. The lowest BCUT2D eigenvalue weighted by Gasteiger charge is -2.39. The molecule has 0 radical (unpaired) electrons. The molecule has 0 spiro atoms. The molecule has 6 heteroatoms. The first-order chi connectivity index (χ1) is 9.90. The zero-order valence-electron chi connectivity index (χ0n) is 15.0. The molecular weight excluding hydrogens is 300 g/mol. The lowest BCUT2D eigenvalue weighted by Crippen LogP contribution is -2.56. The van der Waals surface area contributed by atoms with Gasteiger partial charge in [0.05, 0.1) is 15.7 Å². The number of amides is 1. The van der Waals surface area contributed by atoms with Crippen LogP contribution in [0.4, 0.5) is 4.79 Å². The van der Waals surface area contributed by atoms with Gasteiger partial charge >= 0.3 is 6.09 Å². The van der Waals surface area contributed by atoms with E-state index in [0.29, 0.717) is 5.92 Å². The predicted molar refractivity (Wildman–Crippen MR) is 91.0 cm³/mol. The second-order valence-electron chi connectivity index (χ2n) is 8.15. The molecule has 1 aliphatic rings. The number of carbonyl (C=O) groups excluding carboxylic acids is 1. The normalized spacial score (nSPS) is 20.7. The Morgan fingerprint density at radius 2 is 1.73 bits per heavy atom. The first-order valence-corrected chi connectivity index (χ1v) is 9.22. The molecule has 1 rings (SSSR count). The van der Waals surface area contributed by atoms with Crippen molar-refractivity contribution in [3.05, 3.63) is 0 Å². The molecule has 0 aliphatic heterocycles. The van der Waals surface area contributed by atoms with Gasteiger partial charge in [-0.1, -0.05) is 6.42 Å². The molecule has 1 aliphatic carbocycles. The fourth-order valence-corrected chi connectivity index (χ4v) is 3.29. The van der Waals surface area contributed by atoms with Gasteiger partial charge < -0.3 is 10.1 Å². The van der Waals surface area contributed by atoms with Crippen molar-refractivity contribution in [1.82, 2.24) is 10.0 Å². The molecule has 0 saturated heterocycles. The van der Waals surface area contributed by atoms with Gasteiger partial charge in [0.25, 0.3) is 0 Å². The average molecular weight is 333 g/mol. The van der Waals surface area contributed by atoms with E-state index in [1.54, 1.807) is 0 Å². The molecule has 22 heavy (non-hydrogen) atoms. The van der Waals surface area contributed by atoms with Crippen molar-refractivity contribution in [3.63, 3.8) is 0 Å². The number of carbonyl (C=O) groups is 1. The minimum Gasteiger partial charge on any atom is -0.444 e. The summed E-state index contributed by atoms with van der Waals surface area (Å²) in [7, 11) is -1.15. The Bertz CT molecular complexity index is 409. The minimum atomic E-state index is -1.15. The molecule has 1 fully saturated rings. The van der Waals surface area contributed by atoms with E-state index in [0.717, 1.165) is 12.8 Å². The molecule has 0 aromatic rings. The third-order valence-electron chi connectivity index (χ3n) is 3.74. The van der Waals surface area contributed by atoms with Crippen LogP contribution in [-0.4, -0.2) is 32.7 Å². The van der Waals surface area contributed by atoms with Crippen LogP contribution in [-0.2, 0) is 15.7 Å². The van der Waals surface area contributed by atoms with Crippen LogP contribution in [0.1, 0.15) is 67.7 Å².